The fourth-order valence-corrected chi connectivity index (χ4v) is 3.97. The highest BCUT2D eigenvalue weighted by atomic mass is 79.9. The Hall–Kier alpha value is -3.52. The molecule has 4 rings (SSSR count). The Labute approximate surface area is 204 Å². The van der Waals surface area contributed by atoms with Crippen molar-refractivity contribution >= 4 is 49.8 Å². The Balaban J connectivity index is 1.95. The van der Waals surface area contributed by atoms with Crippen molar-refractivity contribution in [1.82, 2.24) is 9.66 Å². The number of halogens is 1. The summed E-state index contributed by atoms with van der Waals surface area (Å²) in [5, 5.41) is 16.1. The number of hydrogen-bond donors (Lipinski definition) is 1. The van der Waals surface area contributed by atoms with Crippen LogP contribution in [0.1, 0.15) is 39.1 Å². The van der Waals surface area contributed by atoms with Gasteiger partial charge >= 0.3 is 5.97 Å². The minimum absolute atomic E-state index is 0.297. The van der Waals surface area contributed by atoms with Crippen molar-refractivity contribution in [2.45, 2.75) is 39.2 Å². The summed E-state index contributed by atoms with van der Waals surface area (Å²) in [7, 11) is 0. The zero-order chi connectivity index (χ0) is 24.6. The van der Waals surface area contributed by atoms with E-state index in [9.17, 15) is 14.7 Å². The monoisotopic (exact) mass is 521 g/mol. The molecule has 1 heterocycles. The van der Waals surface area contributed by atoms with Gasteiger partial charge in [0, 0.05) is 15.5 Å². The molecule has 0 aliphatic heterocycles. The van der Waals surface area contributed by atoms with Crippen LogP contribution in [-0.4, -0.2) is 33.1 Å². The Morgan fingerprint density at radius 2 is 1.88 bits per heavy atom. The van der Waals surface area contributed by atoms with Crippen LogP contribution in [0.4, 0.5) is 0 Å². The van der Waals surface area contributed by atoms with E-state index in [1.807, 2.05) is 57.2 Å². The lowest BCUT2D eigenvalue weighted by atomic mass is 9.95. The molecule has 8 heteroatoms. The zero-order valence-electron chi connectivity index (χ0n) is 19.2. The van der Waals surface area contributed by atoms with E-state index in [0.29, 0.717) is 28.0 Å². The van der Waals surface area contributed by atoms with Crippen molar-refractivity contribution in [3.63, 3.8) is 0 Å². The molecule has 1 atom stereocenters. The predicted molar refractivity (Wildman–Crippen MR) is 137 cm³/mol. The molecular weight excluding hydrogens is 498 g/mol. The van der Waals surface area contributed by atoms with Gasteiger partial charge < -0.3 is 9.84 Å². The summed E-state index contributed by atoms with van der Waals surface area (Å²) in [5.41, 5.74) is 0.406. The van der Waals surface area contributed by atoms with Crippen LogP contribution >= 0.6 is 15.9 Å². The van der Waals surface area contributed by atoms with E-state index in [-0.39, 0.29) is 5.56 Å². The lowest BCUT2D eigenvalue weighted by Gasteiger charge is -2.21. The van der Waals surface area contributed by atoms with Crippen LogP contribution in [0.2, 0.25) is 0 Å². The molecule has 0 aliphatic rings. The van der Waals surface area contributed by atoms with Gasteiger partial charge in [-0.25, -0.2) is 9.78 Å². The second kappa shape index (κ2) is 9.02. The maximum Gasteiger partial charge on any atom is 0.344 e. The number of carboxylic acids is 1. The maximum atomic E-state index is 13.5. The van der Waals surface area contributed by atoms with E-state index in [2.05, 4.69) is 21.0 Å². The average molecular weight is 522 g/mol. The van der Waals surface area contributed by atoms with Crippen LogP contribution in [0.3, 0.4) is 0 Å². The summed E-state index contributed by atoms with van der Waals surface area (Å²) in [4.78, 5) is 29.6. The van der Waals surface area contributed by atoms with Gasteiger partial charge in [-0.15, -0.1) is 0 Å². The van der Waals surface area contributed by atoms with Gasteiger partial charge in [-0.05, 0) is 42.0 Å². The first kappa shape index (κ1) is 23.6. The second-order valence-electron chi connectivity index (χ2n) is 9.01. The minimum atomic E-state index is -1.08. The Bertz CT molecular complexity index is 1500. The molecule has 0 bridgehead atoms. The normalized spacial score (nSPS) is 13.0. The fourth-order valence-electron chi connectivity index (χ4n) is 3.61. The lowest BCUT2D eigenvalue weighted by Crippen LogP contribution is -2.29. The maximum absolute atomic E-state index is 13.5. The quantitative estimate of drug-likeness (QED) is 0.357. The molecule has 0 saturated carbocycles. The third-order valence-corrected chi connectivity index (χ3v) is 5.86. The van der Waals surface area contributed by atoms with Crippen LogP contribution in [0.5, 0.6) is 5.75 Å². The van der Waals surface area contributed by atoms with Crippen molar-refractivity contribution in [2.75, 3.05) is 0 Å². The van der Waals surface area contributed by atoms with Gasteiger partial charge in [0.25, 0.3) is 5.56 Å². The van der Waals surface area contributed by atoms with Gasteiger partial charge in [0.15, 0.2) is 6.10 Å². The molecule has 0 spiro atoms. The number of carboxylic acid groups (broad SMARTS) is 1. The highest BCUT2D eigenvalue weighted by Gasteiger charge is 2.23. The Morgan fingerprint density at radius 1 is 1.15 bits per heavy atom. The number of ether oxygens (including phenoxy) is 1. The number of fused-ring (bicyclic) bond motifs is 2. The zero-order valence-corrected chi connectivity index (χ0v) is 20.8. The number of rotatable bonds is 5. The van der Waals surface area contributed by atoms with E-state index in [1.165, 1.54) is 17.8 Å². The molecule has 174 valence electrons. The predicted octanol–water partition coefficient (Wildman–Crippen LogP) is 5.34. The van der Waals surface area contributed by atoms with E-state index in [1.54, 1.807) is 18.2 Å². The average Bonchev–Trinajstić information content (AvgIpc) is 2.78. The smallest absolute Gasteiger partial charge is 0.344 e. The molecule has 34 heavy (non-hydrogen) atoms. The summed E-state index contributed by atoms with van der Waals surface area (Å²) in [6.45, 7) is 7.36. The van der Waals surface area contributed by atoms with E-state index in [4.69, 9.17) is 9.72 Å². The SMILES string of the molecule is C[C@@H](Oc1ccc2ccccc2c1C=Nn1c(C(C)(C)C)nc2ccc(Br)cc2c1=O)C(=O)O. The van der Waals surface area contributed by atoms with Gasteiger partial charge in [-0.3, -0.25) is 4.79 Å². The Kier molecular flexibility index (Phi) is 6.27. The molecule has 3 aromatic carbocycles. The molecule has 0 saturated heterocycles. The summed E-state index contributed by atoms with van der Waals surface area (Å²) in [5.74, 6) is -0.212. The molecule has 1 aromatic heterocycles. The molecule has 0 amide bonds. The first-order chi connectivity index (χ1) is 16.1. The van der Waals surface area contributed by atoms with Crippen LogP contribution in [-0.2, 0) is 10.2 Å². The van der Waals surface area contributed by atoms with Crippen LogP contribution < -0.4 is 10.3 Å². The number of aromatic nitrogens is 2. The van der Waals surface area contributed by atoms with Crippen molar-refractivity contribution < 1.29 is 14.6 Å². The van der Waals surface area contributed by atoms with Crippen molar-refractivity contribution in [3.8, 4) is 5.75 Å². The molecule has 7 nitrogen and oxygen atoms in total. The van der Waals surface area contributed by atoms with Gasteiger partial charge in [0.05, 0.1) is 17.1 Å². The highest BCUT2D eigenvalue weighted by Crippen LogP contribution is 2.28. The number of benzene rings is 3. The fraction of sp³-hybridized carbons (Fsp3) is 0.231. The van der Waals surface area contributed by atoms with Crippen molar-refractivity contribution in [1.29, 1.82) is 0 Å². The Morgan fingerprint density at radius 3 is 2.59 bits per heavy atom. The molecule has 0 aliphatic carbocycles. The van der Waals surface area contributed by atoms with Crippen molar-refractivity contribution in [2.24, 2.45) is 5.10 Å². The first-order valence-electron chi connectivity index (χ1n) is 10.7. The molecule has 1 N–H and O–H groups in total. The third-order valence-electron chi connectivity index (χ3n) is 5.36. The van der Waals surface area contributed by atoms with Crippen LogP contribution in [0, 0.1) is 0 Å². The van der Waals surface area contributed by atoms with E-state index < -0.39 is 17.5 Å². The summed E-state index contributed by atoms with van der Waals surface area (Å²) in [6.07, 6.45) is 0.481. The van der Waals surface area contributed by atoms with Crippen LogP contribution in [0.25, 0.3) is 21.7 Å². The molecule has 0 radical (unpaired) electrons. The lowest BCUT2D eigenvalue weighted by molar-refractivity contribution is -0.144. The van der Waals surface area contributed by atoms with E-state index in [0.717, 1.165) is 15.2 Å². The first-order valence-corrected chi connectivity index (χ1v) is 11.5. The molecule has 4 aromatic rings. The highest BCUT2D eigenvalue weighted by molar-refractivity contribution is 9.10. The van der Waals surface area contributed by atoms with Gasteiger partial charge in [0.1, 0.15) is 11.6 Å². The topological polar surface area (TPSA) is 93.8 Å². The standard InChI is InChI=1S/C26H24BrN3O4/c1-15(24(32)33)34-22-12-9-16-7-5-6-8-18(16)20(22)14-28-30-23(31)19-13-17(27)10-11-21(19)29-25(30)26(2,3)4/h5-15H,1-4H3,(H,32,33)/t15-/m1/s1. The molecule has 0 unspecified atom stereocenters. The summed E-state index contributed by atoms with van der Waals surface area (Å²) >= 11 is 3.42. The molecular formula is C26H24BrN3O4. The van der Waals surface area contributed by atoms with Gasteiger partial charge in [-0.1, -0.05) is 67.0 Å². The number of nitrogens with zero attached hydrogens (tertiary/aromatic N) is 3. The number of carbonyl (C=O) groups is 1. The summed E-state index contributed by atoms with van der Waals surface area (Å²) < 4.78 is 7.79. The largest absolute Gasteiger partial charge is 0.479 e. The number of hydrogen-bond acceptors (Lipinski definition) is 5. The third kappa shape index (κ3) is 4.59. The number of aliphatic carboxylic acids is 1. The van der Waals surface area contributed by atoms with Gasteiger partial charge in [-0.2, -0.15) is 9.78 Å². The summed E-state index contributed by atoms with van der Waals surface area (Å²) in [6, 6.07) is 16.6. The van der Waals surface area contributed by atoms with Crippen LogP contribution in [0.15, 0.2) is 69.0 Å². The van der Waals surface area contributed by atoms with E-state index >= 15 is 0 Å². The van der Waals surface area contributed by atoms with Gasteiger partial charge in [0.2, 0.25) is 0 Å². The van der Waals surface area contributed by atoms with Crippen molar-refractivity contribution in [3.05, 3.63) is 80.8 Å². The molecule has 0 fully saturated rings. The second-order valence-corrected chi connectivity index (χ2v) is 9.92. The minimum Gasteiger partial charge on any atom is -0.479 e.